The van der Waals surface area contributed by atoms with Gasteiger partial charge < -0.3 is 29.3 Å². The maximum absolute atomic E-state index is 14.7. The van der Waals surface area contributed by atoms with Crippen molar-refractivity contribution in [2.75, 3.05) is 64.0 Å². The first-order chi connectivity index (χ1) is 20.7. The fraction of sp³-hybridized carbons (Fsp3) is 0.606. The van der Waals surface area contributed by atoms with E-state index in [1.165, 1.54) is 0 Å². The van der Waals surface area contributed by atoms with Gasteiger partial charge in [0.15, 0.2) is 0 Å². The summed E-state index contributed by atoms with van der Waals surface area (Å²) in [5, 5.41) is 10.6. The van der Waals surface area contributed by atoms with Crippen molar-refractivity contribution in [2.45, 2.75) is 50.5 Å². The number of hydrogen-bond donors (Lipinski definition) is 1. The minimum absolute atomic E-state index is 0.178. The molecule has 1 aromatic carbocycles. The van der Waals surface area contributed by atoms with Crippen LogP contribution in [0.4, 0.5) is 5.69 Å². The average molecular weight is 593 g/mol. The van der Waals surface area contributed by atoms with Crippen LogP contribution in [0, 0.1) is 17.8 Å². The van der Waals surface area contributed by atoms with E-state index in [4.69, 9.17) is 9.47 Å². The molecule has 0 aromatic heterocycles. The number of aliphatic hydroxyl groups excluding tert-OH is 1. The lowest BCUT2D eigenvalue weighted by Crippen LogP contribution is -2.59. The van der Waals surface area contributed by atoms with Gasteiger partial charge in [0, 0.05) is 45.0 Å². The van der Waals surface area contributed by atoms with Gasteiger partial charge in [0.2, 0.25) is 17.7 Å². The van der Waals surface area contributed by atoms with Crippen LogP contribution in [-0.4, -0.2) is 120 Å². The summed E-state index contributed by atoms with van der Waals surface area (Å²) in [6.45, 7) is 10.6. The van der Waals surface area contributed by atoms with Gasteiger partial charge in [0.1, 0.15) is 11.6 Å². The van der Waals surface area contributed by atoms with Crippen molar-refractivity contribution in [1.82, 2.24) is 14.7 Å². The summed E-state index contributed by atoms with van der Waals surface area (Å²) in [5.41, 5.74) is -1.69. The third kappa shape index (κ3) is 5.12. The standard InChI is InChI=1S/C33H44N4O6/c1-23(2)21-25(22-38)37-28-31(41)35(16-15-34-17-19-42-20-18-34)13-8-12-33(28)27(30(37)40)26-29(39)36(24-9-5-4-6-10-24)14-7-11-32(26,3)43-33/h4-12,23,25-28,38H,13-22H2,1-3H3/t25-,26+,27+,28?,32-,33+/m1/s1. The molecule has 1 aromatic rings. The van der Waals surface area contributed by atoms with Crippen molar-refractivity contribution in [3.05, 3.63) is 54.6 Å². The number of likely N-dealkylation sites (tertiary alicyclic amines) is 1. The predicted molar refractivity (Wildman–Crippen MR) is 161 cm³/mol. The molecule has 6 atom stereocenters. The SMILES string of the molecule is CC(C)C[C@H](CO)N1C(=O)[C@@H]2[C@H]3C(=O)N(c4ccccc4)CC=C[C@@]3(C)O[C@@]23C=CCN(CCN2CCOCC2)C(=O)C13. The zero-order valence-electron chi connectivity index (χ0n) is 25.4. The topological polar surface area (TPSA) is 103 Å². The normalized spacial score (nSPS) is 33.5. The van der Waals surface area contributed by atoms with Crippen LogP contribution >= 0.6 is 0 Å². The van der Waals surface area contributed by atoms with Gasteiger partial charge in [-0.15, -0.1) is 0 Å². The van der Waals surface area contributed by atoms with Gasteiger partial charge in [0.25, 0.3) is 0 Å². The average Bonchev–Trinajstić information content (AvgIpc) is 3.28. The van der Waals surface area contributed by atoms with E-state index in [1.807, 2.05) is 75.4 Å². The molecule has 0 aliphatic carbocycles. The fourth-order valence-electron chi connectivity index (χ4n) is 7.85. The molecule has 3 amide bonds. The second kappa shape index (κ2) is 11.8. The van der Waals surface area contributed by atoms with Crippen molar-refractivity contribution in [3.8, 4) is 0 Å². The van der Waals surface area contributed by atoms with Crippen LogP contribution in [-0.2, 0) is 23.9 Å². The highest BCUT2D eigenvalue weighted by Gasteiger charge is 2.75. The van der Waals surface area contributed by atoms with Gasteiger partial charge in [0.05, 0.1) is 43.3 Å². The Bertz CT molecular complexity index is 1280. The number of carbonyl (C=O) groups excluding carboxylic acids is 3. The third-order valence-corrected chi connectivity index (χ3v) is 9.78. The first-order valence-corrected chi connectivity index (χ1v) is 15.6. The number of aliphatic hydroxyl groups is 1. The second-order valence-electron chi connectivity index (χ2n) is 13.0. The highest BCUT2D eigenvalue weighted by molar-refractivity contribution is 6.04. The minimum Gasteiger partial charge on any atom is -0.394 e. The number of fused-ring (bicyclic) bond motifs is 2. The molecule has 5 aliphatic rings. The zero-order valence-corrected chi connectivity index (χ0v) is 25.4. The largest absolute Gasteiger partial charge is 0.394 e. The molecule has 0 radical (unpaired) electrons. The molecule has 3 saturated heterocycles. The summed E-state index contributed by atoms with van der Waals surface area (Å²) in [4.78, 5) is 51.2. The lowest BCUT2D eigenvalue weighted by atomic mass is 9.74. The summed E-state index contributed by atoms with van der Waals surface area (Å²) >= 11 is 0. The molecule has 232 valence electrons. The second-order valence-corrected chi connectivity index (χ2v) is 13.0. The Morgan fingerprint density at radius 2 is 1.65 bits per heavy atom. The Balaban J connectivity index is 1.40. The monoisotopic (exact) mass is 592 g/mol. The molecule has 1 unspecified atom stereocenters. The molecule has 3 fully saturated rings. The quantitative estimate of drug-likeness (QED) is 0.459. The smallest absolute Gasteiger partial charge is 0.249 e. The summed E-state index contributed by atoms with van der Waals surface area (Å²) in [7, 11) is 0. The number of anilines is 1. The van der Waals surface area contributed by atoms with Gasteiger partial charge in [-0.2, -0.15) is 0 Å². The number of rotatable bonds is 8. The maximum atomic E-state index is 14.7. The van der Waals surface area contributed by atoms with Crippen LogP contribution in [0.15, 0.2) is 54.6 Å². The van der Waals surface area contributed by atoms with E-state index >= 15 is 0 Å². The fourth-order valence-corrected chi connectivity index (χ4v) is 7.85. The Kier molecular flexibility index (Phi) is 8.23. The van der Waals surface area contributed by atoms with E-state index in [0.29, 0.717) is 45.8 Å². The number of morpholine rings is 1. The molecule has 5 heterocycles. The minimum atomic E-state index is -1.34. The highest BCUT2D eigenvalue weighted by Crippen LogP contribution is 2.58. The van der Waals surface area contributed by atoms with Crippen LogP contribution < -0.4 is 4.90 Å². The van der Waals surface area contributed by atoms with Crippen LogP contribution in [0.3, 0.4) is 0 Å². The molecule has 10 nitrogen and oxygen atoms in total. The molecular weight excluding hydrogens is 548 g/mol. The first kappa shape index (κ1) is 30.0. The van der Waals surface area contributed by atoms with Crippen molar-refractivity contribution in [1.29, 1.82) is 0 Å². The Hall–Kier alpha value is -3.05. The van der Waals surface area contributed by atoms with Crippen molar-refractivity contribution in [3.63, 3.8) is 0 Å². The van der Waals surface area contributed by atoms with Crippen LogP contribution in [0.5, 0.6) is 0 Å². The summed E-state index contributed by atoms with van der Waals surface area (Å²) in [5.74, 6) is -2.28. The van der Waals surface area contributed by atoms with E-state index < -0.39 is 35.1 Å². The van der Waals surface area contributed by atoms with Crippen molar-refractivity contribution >= 4 is 23.4 Å². The Labute approximate surface area is 253 Å². The van der Waals surface area contributed by atoms with Gasteiger partial charge in [-0.3, -0.25) is 19.3 Å². The predicted octanol–water partition coefficient (Wildman–Crippen LogP) is 1.70. The zero-order chi connectivity index (χ0) is 30.4. The molecular formula is C33H44N4O6. The molecule has 1 spiro atoms. The van der Waals surface area contributed by atoms with Crippen LogP contribution in [0.1, 0.15) is 27.2 Å². The summed E-state index contributed by atoms with van der Waals surface area (Å²) in [6, 6.07) is 7.88. The van der Waals surface area contributed by atoms with Crippen LogP contribution in [0.2, 0.25) is 0 Å². The molecule has 0 saturated carbocycles. The molecule has 0 bridgehead atoms. The maximum Gasteiger partial charge on any atom is 0.249 e. The summed E-state index contributed by atoms with van der Waals surface area (Å²) in [6.07, 6.45) is 8.15. The number of nitrogens with zero attached hydrogens (tertiary/aromatic N) is 4. The summed E-state index contributed by atoms with van der Waals surface area (Å²) < 4.78 is 12.4. The van der Waals surface area contributed by atoms with Gasteiger partial charge >= 0.3 is 0 Å². The number of amides is 3. The van der Waals surface area contributed by atoms with E-state index in [2.05, 4.69) is 4.90 Å². The molecule has 43 heavy (non-hydrogen) atoms. The third-order valence-electron chi connectivity index (χ3n) is 9.78. The van der Waals surface area contributed by atoms with Gasteiger partial charge in [-0.05, 0) is 31.4 Å². The lowest BCUT2D eigenvalue weighted by molar-refractivity contribution is -0.154. The van der Waals surface area contributed by atoms with E-state index in [1.54, 1.807) is 14.7 Å². The van der Waals surface area contributed by atoms with Gasteiger partial charge in [-0.1, -0.05) is 56.4 Å². The Morgan fingerprint density at radius 1 is 0.930 bits per heavy atom. The van der Waals surface area contributed by atoms with Crippen LogP contribution in [0.25, 0.3) is 0 Å². The lowest BCUT2D eigenvalue weighted by Gasteiger charge is -2.40. The number of para-hydroxylation sites is 1. The van der Waals surface area contributed by atoms with Crippen molar-refractivity contribution in [2.24, 2.45) is 17.8 Å². The number of carbonyl (C=O) groups is 3. The molecule has 10 heteroatoms. The van der Waals surface area contributed by atoms with E-state index in [0.717, 1.165) is 18.8 Å². The Morgan fingerprint density at radius 3 is 2.35 bits per heavy atom. The molecule has 5 aliphatic heterocycles. The molecule has 6 rings (SSSR count). The van der Waals surface area contributed by atoms with E-state index in [-0.39, 0.29) is 30.2 Å². The molecule has 1 N–H and O–H groups in total. The van der Waals surface area contributed by atoms with Gasteiger partial charge in [-0.25, -0.2) is 0 Å². The van der Waals surface area contributed by atoms with E-state index in [9.17, 15) is 19.5 Å². The number of benzene rings is 1. The van der Waals surface area contributed by atoms with Crippen molar-refractivity contribution < 1.29 is 29.0 Å². The highest BCUT2D eigenvalue weighted by atomic mass is 16.5. The first-order valence-electron chi connectivity index (χ1n) is 15.6. The number of hydrogen-bond acceptors (Lipinski definition) is 7. The number of ether oxygens (including phenoxy) is 2.